The van der Waals surface area contributed by atoms with Crippen LogP contribution in [0.2, 0.25) is 0 Å². The van der Waals surface area contributed by atoms with Gasteiger partial charge >= 0.3 is 0 Å². The first kappa shape index (κ1) is 14.4. The number of thioether (sulfide) groups is 1. The predicted molar refractivity (Wildman–Crippen MR) is 89.2 cm³/mol. The normalized spacial score (nSPS) is 16.4. The lowest BCUT2D eigenvalue weighted by molar-refractivity contribution is -0.122. The van der Waals surface area contributed by atoms with Crippen molar-refractivity contribution in [2.75, 3.05) is 12.0 Å². The van der Waals surface area contributed by atoms with Gasteiger partial charge < -0.3 is 5.32 Å². The molecule has 0 spiro atoms. The fraction of sp³-hybridized carbons (Fsp3) is 0.0588. The molecule has 0 radical (unpaired) electrons. The Kier molecular flexibility index (Phi) is 4.25. The van der Waals surface area contributed by atoms with E-state index >= 15 is 0 Å². The second-order valence-corrected chi connectivity index (χ2v) is 5.71. The largest absolute Gasteiger partial charge is 0.367 e. The lowest BCUT2D eigenvalue weighted by Gasteiger charge is -2.14. The molecular weight excluding hydrogens is 296 g/mol. The minimum atomic E-state index is -0.262. The van der Waals surface area contributed by atoms with Crippen molar-refractivity contribution in [1.82, 2.24) is 4.90 Å². The van der Waals surface area contributed by atoms with E-state index < -0.39 is 0 Å². The third-order valence-electron chi connectivity index (χ3n) is 3.19. The number of carbonyl (C=O) groups is 2. The van der Waals surface area contributed by atoms with Crippen molar-refractivity contribution >= 4 is 34.7 Å². The number of hydrogen-bond acceptors (Lipinski definition) is 4. The summed E-state index contributed by atoms with van der Waals surface area (Å²) in [7, 11) is 0. The molecule has 110 valence electrons. The van der Waals surface area contributed by atoms with Gasteiger partial charge in [-0.1, -0.05) is 48.5 Å². The quantitative estimate of drug-likeness (QED) is 0.873. The lowest BCUT2D eigenvalue weighted by atomic mass is 10.2. The Morgan fingerprint density at radius 2 is 1.59 bits per heavy atom. The molecule has 2 aromatic carbocycles. The zero-order chi connectivity index (χ0) is 15.4. The number of amides is 2. The molecule has 3 rings (SSSR count). The Morgan fingerprint density at radius 3 is 2.27 bits per heavy atom. The van der Waals surface area contributed by atoms with Crippen LogP contribution in [0.5, 0.6) is 0 Å². The highest BCUT2D eigenvalue weighted by Crippen LogP contribution is 2.31. The Hall–Kier alpha value is -2.53. The Labute approximate surface area is 132 Å². The van der Waals surface area contributed by atoms with Gasteiger partial charge in [0.15, 0.2) is 0 Å². The maximum atomic E-state index is 12.3. The highest BCUT2D eigenvalue weighted by Gasteiger charge is 2.34. The van der Waals surface area contributed by atoms with Crippen LogP contribution in [0.25, 0.3) is 6.08 Å². The average Bonchev–Trinajstić information content (AvgIpc) is 2.81. The molecule has 0 bridgehead atoms. The minimum Gasteiger partial charge on any atom is -0.367 e. The summed E-state index contributed by atoms with van der Waals surface area (Å²) in [5.41, 5.74) is 1.78. The smallest absolute Gasteiger partial charge is 0.295 e. The summed E-state index contributed by atoms with van der Waals surface area (Å²) in [6.45, 7) is 0.167. The van der Waals surface area contributed by atoms with Gasteiger partial charge in [-0.05, 0) is 35.5 Å². The number of carbonyl (C=O) groups excluding carboxylic acids is 2. The molecule has 5 heteroatoms. The van der Waals surface area contributed by atoms with Crippen molar-refractivity contribution in [2.45, 2.75) is 0 Å². The molecule has 1 aliphatic rings. The zero-order valence-electron chi connectivity index (χ0n) is 11.7. The average molecular weight is 310 g/mol. The van der Waals surface area contributed by atoms with Gasteiger partial charge in [0.2, 0.25) is 0 Å². The van der Waals surface area contributed by atoms with Gasteiger partial charge in [-0.15, -0.1) is 0 Å². The summed E-state index contributed by atoms with van der Waals surface area (Å²) in [6, 6.07) is 19.0. The van der Waals surface area contributed by atoms with Crippen LogP contribution in [0, 0.1) is 0 Å². The summed E-state index contributed by atoms with van der Waals surface area (Å²) < 4.78 is 0. The Bertz CT molecular complexity index is 714. The predicted octanol–water partition coefficient (Wildman–Crippen LogP) is 3.79. The molecule has 0 aliphatic carbocycles. The van der Waals surface area contributed by atoms with Gasteiger partial charge in [-0.25, -0.2) is 0 Å². The van der Waals surface area contributed by atoms with Gasteiger partial charge in [0.05, 0.1) is 11.6 Å². The van der Waals surface area contributed by atoms with E-state index in [0.29, 0.717) is 4.91 Å². The van der Waals surface area contributed by atoms with E-state index in [-0.39, 0.29) is 17.8 Å². The Balaban J connectivity index is 1.71. The second-order valence-electron chi connectivity index (χ2n) is 4.72. The SMILES string of the molecule is O=C1S/C(=C/c2ccccc2)C(=O)N1CNc1ccccc1. The third kappa shape index (κ3) is 3.20. The molecule has 4 nitrogen and oxygen atoms in total. The second kappa shape index (κ2) is 6.49. The first-order chi connectivity index (χ1) is 10.7. The van der Waals surface area contributed by atoms with Gasteiger partial charge in [0.1, 0.15) is 0 Å². The molecule has 0 unspecified atom stereocenters. The van der Waals surface area contributed by atoms with Gasteiger partial charge in [-0.3, -0.25) is 14.5 Å². The molecule has 1 heterocycles. The number of imide groups is 1. The molecule has 0 saturated carbocycles. The first-order valence-corrected chi connectivity index (χ1v) is 7.65. The van der Waals surface area contributed by atoms with Crippen molar-refractivity contribution in [3.05, 3.63) is 71.1 Å². The van der Waals surface area contributed by atoms with Crippen molar-refractivity contribution < 1.29 is 9.59 Å². The summed E-state index contributed by atoms with van der Waals surface area (Å²) in [5.74, 6) is -0.262. The molecule has 0 atom stereocenters. The number of anilines is 1. The maximum Gasteiger partial charge on any atom is 0.295 e. The van der Waals surface area contributed by atoms with E-state index in [1.54, 1.807) is 6.08 Å². The van der Waals surface area contributed by atoms with Crippen LogP contribution in [0.1, 0.15) is 5.56 Å². The number of nitrogens with one attached hydrogen (secondary N) is 1. The van der Waals surface area contributed by atoms with Gasteiger partial charge in [0, 0.05) is 5.69 Å². The van der Waals surface area contributed by atoms with Gasteiger partial charge in [-0.2, -0.15) is 0 Å². The number of nitrogens with zero attached hydrogens (tertiary/aromatic N) is 1. The number of hydrogen-bond donors (Lipinski definition) is 1. The van der Waals surface area contributed by atoms with Crippen LogP contribution < -0.4 is 5.32 Å². The van der Waals surface area contributed by atoms with Crippen LogP contribution >= 0.6 is 11.8 Å². The minimum absolute atomic E-state index is 0.167. The molecular formula is C17H14N2O2S. The highest BCUT2D eigenvalue weighted by atomic mass is 32.2. The fourth-order valence-corrected chi connectivity index (χ4v) is 2.90. The van der Waals surface area contributed by atoms with E-state index in [0.717, 1.165) is 23.0 Å². The van der Waals surface area contributed by atoms with E-state index in [2.05, 4.69) is 5.32 Å². The number of para-hydroxylation sites is 1. The zero-order valence-corrected chi connectivity index (χ0v) is 12.5. The van der Waals surface area contributed by atoms with E-state index in [1.165, 1.54) is 4.90 Å². The van der Waals surface area contributed by atoms with Crippen LogP contribution in [0.15, 0.2) is 65.6 Å². The van der Waals surface area contributed by atoms with Crippen LogP contribution in [0.3, 0.4) is 0 Å². The first-order valence-electron chi connectivity index (χ1n) is 6.83. The van der Waals surface area contributed by atoms with Crippen molar-refractivity contribution in [3.63, 3.8) is 0 Å². The van der Waals surface area contributed by atoms with E-state index in [1.807, 2.05) is 60.7 Å². The van der Waals surface area contributed by atoms with Gasteiger partial charge in [0.25, 0.3) is 11.1 Å². The molecule has 0 aromatic heterocycles. The van der Waals surface area contributed by atoms with E-state index in [4.69, 9.17) is 0 Å². The standard InChI is InChI=1S/C17H14N2O2S/c20-16-15(11-13-7-3-1-4-8-13)22-17(21)19(16)12-18-14-9-5-2-6-10-14/h1-11,18H,12H2/b15-11+. The van der Waals surface area contributed by atoms with Crippen LogP contribution in [-0.4, -0.2) is 22.7 Å². The fourth-order valence-electron chi connectivity index (χ4n) is 2.06. The monoisotopic (exact) mass is 310 g/mol. The van der Waals surface area contributed by atoms with Crippen LogP contribution in [0.4, 0.5) is 10.5 Å². The number of benzene rings is 2. The lowest BCUT2D eigenvalue weighted by Crippen LogP contribution is -2.33. The highest BCUT2D eigenvalue weighted by molar-refractivity contribution is 8.18. The van der Waals surface area contributed by atoms with Crippen molar-refractivity contribution in [2.24, 2.45) is 0 Å². The maximum absolute atomic E-state index is 12.3. The molecule has 1 saturated heterocycles. The van der Waals surface area contributed by atoms with Crippen LogP contribution in [-0.2, 0) is 4.79 Å². The third-order valence-corrected chi connectivity index (χ3v) is 4.09. The summed E-state index contributed by atoms with van der Waals surface area (Å²) >= 11 is 0.970. The molecule has 22 heavy (non-hydrogen) atoms. The summed E-state index contributed by atoms with van der Waals surface area (Å²) in [6.07, 6.45) is 1.74. The number of rotatable bonds is 4. The van der Waals surface area contributed by atoms with Crippen molar-refractivity contribution in [1.29, 1.82) is 0 Å². The molecule has 1 aliphatic heterocycles. The Morgan fingerprint density at radius 1 is 0.955 bits per heavy atom. The topological polar surface area (TPSA) is 49.4 Å². The molecule has 2 amide bonds. The van der Waals surface area contributed by atoms with Crippen molar-refractivity contribution in [3.8, 4) is 0 Å². The summed E-state index contributed by atoms with van der Waals surface area (Å²) in [4.78, 5) is 26.0. The summed E-state index contributed by atoms with van der Waals surface area (Å²) in [5, 5.41) is 2.82. The molecule has 2 aromatic rings. The van der Waals surface area contributed by atoms with E-state index in [9.17, 15) is 9.59 Å². The molecule has 1 N–H and O–H groups in total. The molecule has 1 fully saturated rings.